The quantitative estimate of drug-likeness (QED) is 0.0262. The summed E-state index contributed by atoms with van der Waals surface area (Å²) in [6.45, 7) is 6.34. The third kappa shape index (κ3) is 56.3. The first kappa shape index (κ1) is 66.6. The highest BCUT2D eigenvalue weighted by Crippen LogP contribution is 2.14. The maximum Gasteiger partial charge on any atom is 0.306 e. The van der Waals surface area contributed by atoms with Crippen molar-refractivity contribution < 1.29 is 28.6 Å². The molecule has 0 aliphatic heterocycles. The SMILES string of the molecule is CC/C=C\C/C=C\C/C=C\C/C=C\C/C=C\C/C=C\C/C=C\CCCCCC(=O)OCC(COC(=O)CCCCCCCCCCC)OC(=O)CCCCCCCC/C=C\C/C=C\C/C=C\C/C=C\CC. The fourth-order valence-corrected chi connectivity index (χ4v) is 7.41. The Morgan fingerprint density at radius 1 is 0.296 bits per heavy atom. The third-order valence-corrected chi connectivity index (χ3v) is 11.7. The highest BCUT2D eigenvalue weighted by Gasteiger charge is 2.19. The van der Waals surface area contributed by atoms with Crippen molar-refractivity contribution in [2.75, 3.05) is 13.2 Å². The lowest BCUT2D eigenvalue weighted by Crippen LogP contribution is -2.30. The van der Waals surface area contributed by atoms with E-state index in [2.05, 4.69) is 154 Å². The molecule has 0 aromatic rings. The average molecular weight is 982 g/mol. The Kier molecular flexibility index (Phi) is 54.5. The van der Waals surface area contributed by atoms with Crippen LogP contribution in [0.25, 0.3) is 0 Å². The first-order chi connectivity index (χ1) is 35.0. The van der Waals surface area contributed by atoms with Crippen LogP contribution in [0.4, 0.5) is 0 Å². The molecule has 0 rings (SSSR count). The first-order valence-electron chi connectivity index (χ1n) is 28.7. The van der Waals surface area contributed by atoms with Crippen LogP contribution in [0.15, 0.2) is 134 Å². The standard InChI is InChI=1S/C65H104O6/c1-4-7-10-13-16-19-21-23-25-27-29-30-31-32-33-34-36-37-39-41-43-46-49-52-55-58-64(67)70-61-62(60-69-63(66)57-54-51-48-45-18-15-12-9-6-3)71-65(68)59-56-53-50-47-44-42-40-38-35-28-26-24-22-20-17-14-11-8-5-2/h7-8,10-11,16-17,19-20,23-26,29-30,32-33,35-38,41,43,62H,4-6,9,12-15,18,21-22,27-28,31,34,39-40,42,44-61H2,1-3H3/b10-7-,11-8-,19-16-,20-17-,25-23-,26-24-,30-29-,33-32-,37-36-,38-35-,43-41-. The normalized spacial score (nSPS) is 13.1. The Morgan fingerprint density at radius 2 is 0.549 bits per heavy atom. The Morgan fingerprint density at radius 3 is 0.873 bits per heavy atom. The van der Waals surface area contributed by atoms with E-state index in [0.717, 1.165) is 148 Å². The summed E-state index contributed by atoms with van der Waals surface area (Å²) in [5.74, 6) is -0.954. The van der Waals surface area contributed by atoms with Crippen molar-refractivity contribution in [2.45, 2.75) is 245 Å². The number of hydrogen-bond donors (Lipinski definition) is 0. The molecule has 0 bridgehead atoms. The van der Waals surface area contributed by atoms with Crippen molar-refractivity contribution >= 4 is 17.9 Å². The van der Waals surface area contributed by atoms with Gasteiger partial charge in [-0.15, -0.1) is 0 Å². The molecular formula is C65H104O6. The van der Waals surface area contributed by atoms with Gasteiger partial charge in [-0.25, -0.2) is 0 Å². The van der Waals surface area contributed by atoms with Gasteiger partial charge in [-0.3, -0.25) is 14.4 Å². The number of hydrogen-bond acceptors (Lipinski definition) is 6. The van der Waals surface area contributed by atoms with Crippen LogP contribution >= 0.6 is 0 Å². The molecule has 71 heavy (non-hydrogen) atoms. The molecule has 0 N–H and O–H groups in total. The highest BCUT2D eigenvalue weighted by molar-refractivity contribution is 5.71. The molecule has 0 aromatic heterocycles. The summed E-state index contributed by atoms with van der Waals surface area (Å²) in [6.07, 6.45) is 81.6. The molecule has 400 valence electrons. The Balaban J connectivity index is 4.40. The lowest BCUT2D eigenvalue weighted by molar-refractivity contribution is -0.167. The van der Waals surface area contributed by atoms with Gasteiger partial charge >= 0.3 is 17.9 Å². The summed E-state index contributed by atoms with van der Waals surface area (Å²) in [4.78, 5) is 38.1. The molecule has 0 saturated heterocycles. The van der Waals surface area contributed by atoms with Crippen LogP contribution in [0.1, 0.15) is 239 Å². The second kappa shape index (κ2) is 58.1. The number of allylic oxidation sites excluding steroid dienone is 22. The number of carbonyl (C=O) groups excluding carboxylic acids is 3. The zero-order valence-electron chi connectivity index (χ0n) is 45.7. The largest absolute Gasteiger partial charge is 0.462 e. The molecule has 1 unspecified atom stereocenters. The highest BCUT2D eigenvalue weighted by atomic mass is 16.6. The first-order valence-corrected chi connectivity index (χ1v) is 28.7. The van der Waals surface area contributed by atoms with Gasteiger partial charge < -0.3 is 14.2 Å². The molecule has 0 aliphatic carbocycles. The molecule has 0 spiro atoms. The van der Waals surface area contributed by atoms with Gasteiger partial charge in [-0.05, 0) is 116 Å². The molecule has 0 saturated carbocycles. The zero-order chi connectivity index (χ0) is 51.4. The smallest absolute Gasteiger partial charge is 0.306 e. The fourth-order valence-electron chi connectivity index (χ4n) is 7.41. The number of esters is 3. The van der Waals surface area contributed by atoms with Crippen LogP contribution in [-0.2, 0) is 28.6 Å². The van der Waals surface area contributed by atoms with Gasteiger partial charge in [0.2, 0.25) is 0 Å². The minimum atomic E-state index is -0.803. The Labute approximate surface area is 436 Å². The summed E-state index contributed by atoms with van der Waals surface area (Å²) in [6, 6.07) is 0. The maximum absolute atomic E-state index is 12.8. The molecule has 0 amide bonds. The van der Waals surface area contributed by atoms with Gasteiger partial charge in [0, 0.05) is 19.3 Å². The molecule has 0 fully saturated rings. The third-order valence-electron chi connectivity index (χ3n) is 11.7. The summed E-state index contributed by atoms with van der Waals surface area (Å²) >= 11 is 0. The van der Waals surface area contributed by atoms with Crippen LogP contribution < -0.4 is 0 Å². The van der Waals surface area contributed by atoms with E-state index in [1.165, 1.54) is 51.4 Å². The van der Waals surface area contributed by atoms with Gasteiger partial charge in [-0.2, -0.15) is 0 Å². The number of ether oxygens (including phenoxy) is 3. The fraction of sp³-hybridized carbons (Fsp3) is 0.615. The zero-order valence-corrected chi connectivity index (χ0v) is 45.7. The summed E-state index contributed by atoms with van der Waals surface area (Å²) in [7, 11) is 0. The van der Waals surface area contributed by atoms with Gasteiger partial charge in [0.1, 0.15) is 13.2 Å². The maximum atomic E-state index is 12.8. The van der Waals surface area contributed by atoms with Crippen molar-refractivity contribution in [3.8, 4) is 0 Å². The Bertz CT molecular complexity index is 1550. The van der Waals surface area contributed by atoms with Crippen molar-refractivity contribution in [1.29, 1.82) is 0 Å². The monoisotopic (exact) mass is 981 g/mol. The number of unbranched alkanes of at least 4 members (excludes halogenated alkanes) is 17. The average Bonchev–Trinajstić information content (AvgIpc) is 3.37. The molecule has 6 heteroatoms. The Hall–Kier alpha value is -4.45. The van der Waals surface area contributed by atoms with Gasteiger partial charge in [0.25, 0.3) is 0 Å². The van der Waals surface area contributed by atoms with Gasteiger partial charge in [0.15, 0.2) is 6.10 Å². The van der Waals surface area contributed by atoms with Crippen molar-refractivity contribution in [1.82, 2.24) is 0 Å². The van der Waals surface area contributed by atoms with E-state index < -0.39 is 6.10 Å². The summed E-state index contributed by atoms with van der Waals surface area (Å²) in [5, 5.41) is 0. The van der Waals surface area contributed by atoms with Crippen LogP contribution in [0.5, 0.6) is 0 Å². The predicted molar refractivity (Wildman–Crippen MR) is 306 cm³/mol. The molecule has 6 nitrogen and oxygen atoms in total. The molecule has 1 atom stereocenters. The van der Waals surface area contributed by atoms with Crippen molar-refractivity contribution in [3.05, 3.63) is 134 Å². The summed E-state index contributed by atoms with van der Waals surface area (Å²) in [5.41, 5.74) is 0. The van der Waals surface area contributed by atoms with Gasteiger partial charge in [0.05, 0.1) is 0 Å². The number of rotatable bonds is 50. The van der Waals surface area contributed by atoms with E-state index in [1.807, 2.05) is 0 Å². The van der Waals surface area contributed by atoms with E-state index >= 15 is 0 Å². The lowest BCUT2D eigenvalue weighted by Gasteiger charge is -2.18. The van der Waals surface area contributed by atoms with E-state index in [4.69, 9.17) is 14.2 Å². The van der Waals surface area contributed by atoms with E-state index in [0.29, 0.717) is 19.3 Å². The molecular weight excluding hydrogens is 877 g/mol. The van der Waals surface area contributed by atoms with E-state index in [-0.39, 0.29) is 31.1 Å². The second-order valence-corrected chi connectivity index (χ2v) is 18.4. The lowest BCUT2D eigenvalue weighted by atomic mass is 10.1. The minimum absolute atomic E-state index is 0.0978. The molecule has 0 heterocycles. The van der Waals surface area contributed by atoms with Crippen LogP contribution in [-0.4, -0.2) is 37.2 Å². The number of carbonyl (C=O) groups is 3. The van der Waals surface area contributed by atoms with Crippen LogP contribution in [0.2, 0.25) is 0 Å². The predicted octanol–water partition coefficient (Wildman–Crippen LogP) is 19.4. The molecule has 0 aromatic carbocycles. The molecule has 0 aliphatic rings. The van der Waals surface area contributed by atoms with E-state index in [9.17, 15) is 14.4 Å². The van der Waals surface area contributed by atoms with Gasteiger partial charge in [-0.1, -0.05) is 238 Å². The minimum Gasteiger partial charge on any atom is -0.462 e. The topological polar surface area (TPSA) is 78.9 Å². The summed E-state index contributed by atoms with van der Waals surface area (Å²) < 4.78 is 16.8. The van der Waals surface area contributed by atoms with E-state index in [1.54, 1.807) is 0 Å². The molecule has 0 radical (unpaired) electrons. The van der Waals surface area contributed by atoms with Crippen molar-refractivity contribution in [3.63, 3.8) is 0 Å². The van der Waals surface area contributed by atoms with Crippen LogP contribution in [0, 0.1) is 0 Å². The van der Waals surface area contributed by atoms with Crippen LogP contribution in [0.3, 0.4) is 0 Å². The van der Waals surface area contributed by atoms with Crippen molar-refractivity contribution in [2.24, 2.45) is 0 Å². The second-order valence-electron chi connectivity index (χ2n) is 18.4.